The van der Waals surface area contributed by atoms with Gasteiger partial charge in [0.15, 0.2) is 23.3 Å². The predicted octanol–water partition coefficient (Wildman–Crippen LogP) is 5.59. The van der Waals surface area contributed by atoms with Crippen LogP contribution in [-0.2, 0) is 0 Å². The van der Waals surface area contributed by atoms with Gasteiger partial charge in [-0.25, -0.2) is 22.0 Å². The second kappa shape index (κ2) is 6.73. The minimum Gasteiger partial charge on any atom is -0.203 e. The van der Waals surface area contributed by atoms with Gasteiger partial charge < -0.3 is 0 Å². The third kappa shape index (κ3) is 3.03. The summed E-state index contributed by atoms with van der Waals surface area (Å²) in [6.45, 7) is 1.61. The number of halogens is 5. The fourth-order valence-corrected chi connectivity index (χ4v) is 2.18. The van der Waals surface area contributed by atoms with Crippen molar-refractivity contribution in [3.63, 3.8) is 0 Å². The number of benzene rings is 2. The summed E-state index contributed by atoms with van der Waals surface area (Å²) in [4.78, 5) is 0. The molecular formula is C17H13F5. The van der Waals surface area contributed by atoms with Crippen LogP contribution in [0.2, 0.25) is 0 Å². The van der Waals surface area contributed by atoms with Crippen LogP contribution in [0.4, 0.5) is 22.0 Å². The molecule has 0 aliphatic carbocycles. The van der Waals surface area contributed by atoms with E-state index in [0.717, 1.165) is 5.56 Å². The Balaban J connectivity index is 2.46. The monoisotopic (exact) mass is 312 g/mol. The Morgan fingerprint density at radius 2 is 1.32 bits per heavy atom. The second-order valence-corrected chi connectivity index (χ2v) is 4.77. The van der Waals surface area contributed by atoms with Crippen LogP contribution in [-0.4, -0.2) is 0 Å². The molecule has 0 aliphatic heterocycles. The van der Waals surface area contributed by atoms with Gasteiger partial charge in [0, 0.05) is 11.5 Å². The van der Waals surface area contributed by atoms with Crippen LogP contribution in [0.1, 0.15) is 30.4 Å². The molecule has 0 aromatic heterocycles. The normalized spacial score (nSPS) is 12.8. The summed E-state index contributed by atoms with van der Waals surface area (Å²) in [5, 5.41) is 0. The van der Waals surface area contributed by atoms with Crippen molar-refractivity contribution in [3.05, 3.63) is 76.6 Å². The molecule has 116 valence electrons. The first-order valence-corrected chi connectivity index (χ1v) is 6.71. The minimum absolute atomic E-state index is 0.196. The molecule has 2 aromatic rings. The Labute approximate surface area is 124 Å². The van der Waals surface area contributed by atoms with Crippen LogP contribution in [0, 0.1) is 29.1 Å². The maximum Gasteiger partial charge on any atom is 0.200 e. The van der Waals surface area contributed by atoms with Gasteiger partial charge in [-0.15, -0.1) is 0 Å². The quantitative estimate of drug-likeness (QED) is 0.392. The van der Waals surface area contributed by atoms with Gasteiger partial charge in [-0.2, -0.15) is 0 Å². The van der Waals surface area contributed by atoms with Crippen LogP contribution < -0.4 is 0 Å². The molecule has 0 saturated heterocycles. The molecule has 2 aromatic carbocycles. The Bertz CT molecular complexity index is 663. The van der Waals surface area contributed by atoms with E-state index in [1.807, 2.05) is 0 Å². The fourth-order valence-electron chi connectivity index (χ4n) is 2.18. The zero-order chi connectivity index (χ0) is 16.3. The molecule has 0 amide bonds. The van der Waals surface area contributed by atoms with Crippen molar-refractivity contribution in [1.29, 1.82) is 0 Å². The second-order valence-electron chi connectivity index (χ2n) is 4.77. The van der Waals surface area contributed by atoms with E-state index in [1.54, 1.807) is 43.3 Å². The maximum atomic E-state index is 13.8. The van der Waals surface area contributed by atoms with Gasteiger partial charge >= 0.3 is 0 Å². The molecule has 0 radical (unpaired) electrons. The van der Waals surface area contributed by atoms with E-state index in [2.05, 4.69) is 0 Å². The number of hydrogen-bond donors (Lipinski definition) is 0. The van der Waals surface area contributed by atoms with Crippen LogP contribution in [0.3, 0.4) is 0 Å². The molecule has 0 aliphatic rings. The molecule has 0 heterocycles. The lowest BCUT2D eigenvalue weighted by atomic mass is 9.93. The zero-order valence-electron chi connectivity index (χ0n) is 11.7. The van der Waals surface area contributed by atoms with E-state index in [4.69, 9.17) is 0 Å². The predicted molar refractivity (Wildman–Crippen MR) is 74.7 cm³/mol. The molecule has 0 saturated carbocycles. The molecule has 0 N–H and O–H groups in total. The molecule has 0 fully saturated rings. The highest BCUT2D eigenvalue weighted by Gasteiger charge is 2.28. The smallest absolute Gasteiger partial charge is 0.200 e. The maximum absolute atomic E-state index is 13.8. The lowest BCUT2D eigenvalue weighted by molar-refractivity contribution is 0.367. The molecule has 0 nitrogen and oxygen atoms in total. The van der Waals surface area contributed by atoms with Gasteiger partial charge in [-0.1, -0.05) is 49.4 Å². The van der Waals surface area contributed by atoms with E-state index in [0.29, 0.717) is 0 Å². The highest BCUT2D eigenvalue weighted by atomic mass is 19.2. The summed E-state index contributed by atoms with van der Waals surface area (Å²) in [5.74, 6) is -10.4. The van der Waals surface area contributed by atoms with E-state index in [1.165, 1.54) is 6.08 Å². The number of rotatable bonds is 4. The van der Waals surface area contributed by atoms with E-state index in [-0.39, 0.29) is 6.42 Å². The first kappa shape index (κ1) is 16.2. The molecule has 1 atom stereocenters. The van der Waals surface area contributed by atoms with Crippen molar-refractivity contribution in [2.45, 2.75) is 19.3 Å². The molecular weight excluding hydrogens is 299 g/mol. The van der Waals surface area contributed by atoms with Gasteiger partial charge in [0.1, 0.15) is 0 Å². The Kier molecular flexibility index (Phi) is 4.96. The standard InChI is InChI=1S/C17H13F5/c1-2-11(9-8-10-6-4-3-5-7-10)12-13(18)15(20)17(22)16(21)14(12)19/h3-9,11H,2H2,1H3/b9-8+. The SMILES string of the molecule is CCC(/C=C/c1ccccc1)c1c(F)c(F)c(F)c(F)c1F. The summed E-state index contributed by atoms with van der Waals surface area (Å²) in [7, 11) is 0. The highest BCUT2D eigenvalue weighted by molar-refractivity contribution is 5.50. The highest BCUT2D eigenvalue weighted by Crippen LogP contribution is 2.31. The lowest BCUT2D eigenvalue weighted by Crippen LogP contribution is -2.10. The third-order valence-corrected chi connectivity index (χ3v) is 3.37. The summed E-state index contributed by atoms with van der Waals surface area (Å²) in [6, 6.07) is 8.89. The Morgan fingerprint density at radius 1 is 0.818 bits per heavy atom. The van der Waals surface area contributed by atoms with Crippen LogP contribution in [0.25, 0.3) is 6.08 Å². The first-order valence-electron chi connectivity index (χ1n) is 6.71. The third-order valence-electron chi connectivity index (χ3n) is 3.37. The van der Waals surface area contributed by atoms with Gasteiger partial charge in [0.25, 0.3) is 0 Å². The first-order chi connectivity index (χ1) is 10.5. The topological polar surface area (TPSA) is 0 Å². The van der Waals surface area contributed by atoms with E-state index in [9.17, 15) is 22.0 Å². The average molecular weight is 312 g/mol. The zero-order valence-corrected chi connectivity index (χ0v) is 11.7. The van der Waals surface area contributed by atoms with Crippen LogP contribution in [0.15, 0.2) is 36.4 Å². The molecule has 1 unspecified atom stereocenters. The van der Waals surface area contributed by atoms with Crippen molar-refractivity contribution in [1.82, 2.24) is 0 Å². The van der Waals surface area contributed by atoms with Crippen molar-refractivity contribution in [2.24, 2.45) is 0 Å². The number of allylic oxidation sites excluding steroid dienone is 1. The largest absolute Gasteiger partial charge is 0.203 e. The minimum atomic E-state index is -2.14. The molecule has 22 heavy (non-hydrogen) atoms. The van der Waals surface area contributed by atoms with Gasteiger partial charge in [-0.05, 0) is 12.0 Å². The average Bonchev–Trinajstić information content (AvgIpc) is 2.55. The summed E-state index contributed by atoms with van der Waals surface area (Å²) in [6.07, 6.45) is 3.22. The Morgan fingerprint density at radius 3 is 1.82 bits per heavy atom. The van der Waals surface area contributed by atoms with Gasteiger partial charge in [0.2, 0.25) is 5.82 Å². The molecule has 0 spiro atoms. The lowest BCUT2D eigenvalue weighted by Gasteiger charge is -2.14. The van der Waals surface area contributed by atoms with Gasteiger partial charge in [0.05, 0.1) is 0 Å². The summed E-state index contributed by atoms with van der Waals surface area (Å²) < 4.78 is 67.2. The van der Waals surface area contributed by atoms with Crippen molar-refractivity contribution >= 4 is 6.08 Å². The van der Waals surface area contributed by atoms with Crippen LogP contribution in [0.5, 0.6) is 0 Å². The molecule has 5 heteroatoms. The van der Waals surface area contributed by atoms with E-state index < -0.39 is 40.6 Å². The van der Waals surface area contributed by atoms with Crippen LogP contribution >= 0.6 is 0 Å². The molecule has 2 rings (SSSR count). The molecule has 0 bridgehead atoms. The fraction of sp³-hybridized carbons (Fsp3) is 0.176. The summed E-state index contributed by atoms with van der Waals surface area (Å²) in [5.41, 5.74) is -0.0316. The van der Waals surface area contributed by atoms with Crippen molar-refractivity contribution < 1.29 is 22.0 Å². The number of hydrogen-bond acceptors (Lipinski definition) is 0. The van der Waals surface area contributed by atoms with Crippen molar-refractivity contribution in [3.8, 4) is 0 Å². The van der Waals surface area contributed by atoms with Crippen molar-refractivity contribution in [2.75, 3.05) is 0 Å². The summed E-state index contributed by atoms with van der Waals surface area (Å²) >= 11 is 0. The Hall–Kier alpha value is -2.17. The van der Waals surface area contributed by atoms with Gasteiger partial charge in [-0.3, -0.25) is 0 Å². The van der Waals surface area contributed by atoms with E-state index >= 15 is 0 Å².